The molecule has 0 saturated carbocycles. The maximum absolute atomic E-state index is 11.9. The molecule has 1 aromatic carbocycles. The van der Waals surface area contributed by atoms with E-state index < -0.39 is 0 Å². The molecule has 0 aliphatic rings. The van der Waals surface area contributed by atoms with Gasteiger partial charge in [0.15, 0.2) is 0 Å². The summed E-state index contributed by atoms with van der Waals surface area (Å²) >= 11 is 0. The zero-order valence-electron chi connectivity index (χ0n) is 10.3. The summed E-state index contributed by atoms with van der Waals surface area (Å²) in [7, 11) is 1.83. The molecule has 1 amide bonds. The molecular formula is C13H20N2O. The minimum atomic E-state index is 0.00139. The number of carbonyl (C=O) groups is 1. The maximum Gasteiger partial charge on any atom is 0.253 e. The van der Waals surface area contributed by atoms with Crippen LogP contribution >= 0.6 is 0 Å². The Morgan fingerprint density at radius 1 is 1.38 bits per heavy atom. The monoisotopic (exact) mass is 220 g/mol. The van der Waals surface area contributed by atoms with Crippen LogP contribution in [0.25, 0.3) is 0 Å². The van der Waals surface area contributed by atoms with Crippen LogP contribution in [0.5, 0.6) is 0 Å². The molecule has 1 rings (SSSR count). The van der Waals surface area contributed by atoms with E-state index >= 15 is 0 Å². The van der Waals surface area contributed by atoms with E-state index in [1.165, 1.54) is 0 Å². The lowest BCUT2D eigenvalue weighted by molar-refractivity contribution is 0.0954. The smallest absolute Gasteiger partial charge is 0.253 e. The number of carbonyl (C=O) groups excluding carboxylic acids is 1. The van der Waals surface area contributed by atoms with E-state index in [4.69, 9.17) is 0 Å². The van der Waals surface area contributed by atoms with Gasteiger partial charge in [0.1, 0.15) is 0 Å². The normalized spacial score (nSPS) is 9.94. The number of nitrogens with one attached hydrogen (secondary N) is 2. The highest BCUT2D eigenvalue weighted by atomic mass is 16.1. The van der Waals surface area contributed by atoms with Gasteiger partial charge < -0.3 is 10.6 Å². The van der Waals surface area contributed by atoms with Gasteiger partial charge in [0, 0.05) is 19.3 Å². The quantitative estimate of drug-likeness (QED) is 0.749. The number of hydrogen-bond acceptors (Lipinski definition) is 2. The molecule has 0 unspecified atom stereocenters. The van der Waals surface area contributed by atoms with Gasteiger partial charge in [0.05, 0.1) is 5.56 Å². The van der Waals surface area contributed by atoms with E-state index in [1.54, 1.807) is 0 Å². The van der Waals surface area contributed by atoms with Crippen molar-refractivity contribution in [2.24, 2.45) is 0 Å². The zero-order chi connectivity index (χ0) is 12.0. The van der Waals surface area contributed by atoms with E-state index in [1.807, 2.05) is 32.2 Å². The summed E-state index contributed by atoms with van der Waals surface area (Å²) in [4.78, 5) is 11.9. The van der Waals surface area contributed by atoms with Crippen molar-refractivity contribution in [3.63, 3.8) is 0 Å². The topological polar surface area (TPSA) is 41.1 Å². The summed E-state index contributed by atoms with van der Waals surface area (Å²) in [5.41, 5.74) is 2.69. The van der Waals surface area contributed by atoms with Crippen LogP contribution in [0.15, 0.2) is 18.2 Å². The van der Waals surface area contributed by atoms with E-state index in [0.717, 1.165) is 36.2 Å². The van der Waals surface area contributed by atoms with Crippen LogP contribution in [-0.2, 0) is 0 Å². The Morgan fingerprint density at radius 2 is 2.12 bits per heavy atom. The highest BCUT2D eigenvalue weighted by Crippen LogP contribution is 2.16. The molecule has 0 atom stereocenters. The third kappa shape index (κ3) is 3.26. The number of benzene rings is 1. The Balaban J connectivity index is 2.76. The second-order valence-corrected chi connectivity index (χ2v) is 3.91. The second-order valence-electron chi connectivity index (χ2n) is 3.91. The fourth-order valence-corrected chi connectivity index (χ4v) is 1.54. The van der Waals surface area contributed by atoms with Crippen LogP contribution in [0.2, 0.25) is 0 Å². The molecule has 3 nitrogen and oxygen atoms in total. The third-order valence-corrected chi connectivity index (χ3v) is 2.50. The van der Waals surface area contributed by atoms with Gasteiger partial charge in [-0.3, -0.25) is 4.79 Å². The SMILES string of the molecule is CCCCNC(=O)c1cc(C)ccc1NC. The summed E-state index contributed by atoms with van der Waals surface area (Å²) in [6.07, 6.45) is 2.11. The summed E-state index contributed by atoms with van der Waals surface area (Å²) in [5, 5.41) is 5.96. The van der Waals surface area contributed by atoms with Crippen LogP contribution < -0.4 is 10.6 Å². The average molecular weight is 220 g/mol. The molecule has 0 spiro atoms. The molecule has 0 bridgehead atoms. The van der Waals surface area contributed by atoms with Crippen molar-refractivity contribution in [2.45, 2.75) is 26.7 Å². The first-order valence-electron chi connectivity index (χ1n) is 5.75. The molecule has 0 fully saturated rings. The number of amides is 1. The van der Waals surface area contributed by atoms with Crippen LogP contribution in [-0.4, -0.2) is 19.5 Å². The largest absolute Gasteiger partial charge is 0.387 e. The van der Waals surface area contributed by atoms with Gasteiger partial charge in [0.25, 0.3) is 5.91 Å². The summed E-state index contributed by atoms with van der Waals surface area (Å²) in [5.74, 6) is 0.00139. The molecule has 3 heteroatoms. The minimum absolute atomic E-state index is 0.00139. The lowest BCUT2D eigenvalue weighted by Gasteiger charge is -2.10. The number of hydrogen-bond donors (Lipinski definition) is 2. The van der Waals surface area contributed by atoms with Gasteiger partial charge in [0.2, 0.25) is 0 Å². The van der Waals surface area contributed by atoms with E-state index in [9.17, 15) is 4.79 Å². The summed E-state index contributed by atoms with van der Waals surface area (Å²) in [6, 6.07) is 5.84. The fourth-order valence-electron chi connectivity index (χ4n) is 1.54. The van der Waals surface area contributed by atoms with Crippen molar-refractivity contribution in [1.29, 1.82) is 0 Å². The number of unbranched alkanes of at least 4 members (excludes halogenated alkanes) is 1. The van der Waals surface area contributed by atoms with Crippen molar-refractivity contribution < 1.29 is 4.79 Å². The van der Waals surface area contributed by atoms with Crippen molar-refractivity contribution >= 4 is 11.6 Å². The Hall–Kier alpha value is -1.51. The molecule has 0 saturated heterocycles. The van der Waals surface area contributed by atoms with Gasteiger partial charge in [-0.25, -0.2) is 0 Å². The zero-order valence-corrected chi connectivity index (χ0v) is 10.3. The van der Waals surface area contributed by atoms with Crippen molar-refractivity contribution in [3.05, 3.63) is 29.3 Å². The highest BCUT2D eigenvalue weighted by molar-refractivity contribution is 5.99. The van der Waals surface area contributed by atoms with Crippen molar-refractivity contribution in [2.75, 3.05) is 18.9 Å². The number of rotatable bonds is 5. The summed E-state index contributed by atoms with van der Waals surface area (Å²) < 4.78 is 0. The molecule has 2 N–H and O–H groups in total. The molecule has 0 aliphatic heterocycles. The maximum atomic E-state index is 11.9. The van der Waals surface area contributed by atoms with Crippen LogP contribution in [0.1, 0.15) is 35.7 Å². The van der Waals surface area contributed by atoms with Gasteiger partial charge in [-0.2, -0.15) is 0 Å². The fraction of sp³-hybridized carbons (Fsp3) is 0.462. The van der Waals surface area contributed by atoms with Gasteiger partial charge >= 0.3 is 0 Å². The standard InChI is InChI=1S/C13H20N2O/c1-4-5-8-15-13(16)11-9-10(2)6-7-12(11)14-3/h6-7,9,14H,4-5,8H2,1-3H3,(H,15,16). The van der Waals surface area contributed by atoms with Crippen LogP contribution in [0.3, 0.4) is 0 Å². The van der Waals surface area contributed by atoms with Crippen molar-refractivity contribution in [1.82, 2.24) is 5.32 Å². The molecule has 1 aromatic rings. The lowest BCUT2D eigenvalue weighted by Crippen LogP contribution is -2.25. The average Bonchev–Trinajstić information content (AvgIpc) is 2.29. The van der Waals surface area contributed by atoms with Crippen LogP contribution in [0, 0.1) is 6.92 Å². The number of aryl methyl sites for hydroxylation is 1. The van der Waals surface area contributed by atoms with Gasteiger partial charge in [-0.05, 0) is 25.5 Å². The third-order valence-electron chi connectivity index (χ3n) is 2.50. The molecule has 88 valence electrons. The Kier molecular flexibility index (Phi) is 4.83. The predicted molar refractivity (Wildman–Crippen MR) is 68.0 cm³/mol. The lowest BCUT2D eigenvalue weighted by atomic mass is 10.1. The van der Waals surface area contributed by atoms with E-state index in [-0.39, 0.29) is 5.91 Å². The Labute approximate surface area is 97.2 Å². The Morgan fingerprint density at radius 3 is 2.75 bits per heavy atom. The first-order valence-corrected chi connectivity index (χ1v) is 5.75. The van der Waals surface area contributed by atoms with E-state index in [0.29, 0.717) is 0 Å². The van der Waals surface area contributed by atoms with Crippen molar-refractivity contribution in [3.8, 4) is 0 Å². The first-order chi connectivity index (χ1) is 7.69. The first kappa shape index (κ1) is 12.6. The summed E-state index contributed by atoms with van der Waals surface area (Å²) in [6.45, 7) is 4.84. The Bertz CT molecular complexity index is 361. The molecule has 16 heavy (non-hydrogen) atoms. The molecule has 0 aliphatic carbocycles. The van der Waals surface area contributed by atoms with Gasteiger partial charge in [-0.1, -0.05) is 25.0 Å². The van der Waals surface area contributed by atoms with E-state index in [2.05, 4.69) is 17.6 Å². The second kappa shape index (κ2) is 6.16. The predicted octanol–water partition coefficient (Wildman–Crippen LogP) is 2.57. The molecular weight excluding hydrogens is 200 g/mol. The number of anilines is 1. The molecule has 0 aromatic heterocycles. The molecule has 0 heterocycles. The molecule has 0 radical (unpaired) electrons. The highest BCUT2D eigenvalue weighted by Gasteiger charge is 2.09. The van der Waals surface area contributed by atoms with Gasteiger partial charge in [-0.15, -0.1) is 0 Å². The van der Waals surface area contributed by atoms with Crippen LogP contribution in [0.4, 0.5) is 5.69 Å². The minimum Gasteiger partial charge on any atom is -0.387 e.